The van der Waals surface area contributed by atoms with Gasteiger partial charge in [0, 0.05) is 11.3 Å². The fourth-order valence-electron chi connectivity index (χ4n) is 3.14. The highest BCUT2D eigenvalue weighted by molar-refractivity contribution is 6.39. The average molecular weight is 464 g/mol. The Labute approximate surface area is 197 Å². The first-order chi connectivity index (χ1) is 16.3. The summed E-state index contributed by atoms with van der Waals surface area (Å²) in [5, 5.41) is 6.60. The number of nitrogens with one attached hydrogen (secondary N) is 2. The van der Waals surface area contributed by atoms with Gasteiger partial charge < -0.3 is 14.8 Å². The summed E-state index contributed by atoms with van der Waals surface area (Å²) < 4.78 is 24.2. The Balaban J connectivity index is 1.62. The van der Waals surface area contributed by atoms with Crippen molar-refractivity contribution < 1.29 is 23.5 Å². The summed E-state index contributed by atoms with van der Waals surface area (Å²) in [6, 6.07) is 16.7. The van der Waals surface area contributed by atoms with Gasteiger partial charge in [-0.15, -0.1) is 0 Å². The molecule has 0 spiro atoms. The van der Waals surface area contributed by atoms with E-state index in [0.29, 0.717) is 28.5 Å². The molecule has 0 unspecified atom stereocenters. The van der Waals surface area contributed by atoms with Crippen LogP contribution in [0.1, 0.15) is 29.2 Å². The van der Waals surface area contributed by atoms with E-state index < -0.39 is 11.8 Å². The molecule has 3 aromatic carbocycles. The molecule has 0 aromatic heterocycles. The lowest BCUT2D eigenvalue weighted by atomic mass is 10.1. The molecule has 0 fully saturated rings. The second-order valence-electron chi connectivity index (χ2n) is 7.69. The number of hydrogen-bond acceptors (Lipinski definition) is 5. The largest absolute Gasteiger partial charge is 0.493 e. The fraction of sp³-hybridized carbons (Fsp3) is 0.192. The van der Waals surface area contributed by atoms with Crippen LogP contribution in [0.2, 0.25) is 0 Å². The topological polar surface area (TPSA) is 89.0 Å². The third-order valence-corrected chi connectivity index (χ3v) is 5.05. The van der Waals surface area contributed by atoms with Crippen LogP contribution in [0.25, 0.3) is 0 Å². The predicted molar refractivity (Wildman–Crippen MR) is 129 cm³/mol. The zero-order chi connectivity index (χ0) is 24.7. The summed E-state index contributed by atoms with van der Waals surface area (Å²) in [6.45, 7) is 5.73. The van der Waals surface area contributed by atoms with Crippen LogP contribution in [0.5, 0.6) is 11.5 Å². The number of nitrogens with zero attached hydrogens (tertiary/aromatic N) is 1. The van der Waals surface area contributed by atoms with Gasteiger partial charge in [0.25, 0.3) is 0 Å². The SMILES string of the molecule is COc1cc(C(C)=NNC(=O)C(=O)Nc2ccc(C)cc2C)ccc1OCc1ccc(F)cc1. The highest BCUT2D eigenvalue weighted by Gasteiger charge is 2.15. The number of hydrazone groups is 1. The molecule has 0 bridgehead atoms. The monoisotopic (exact) mass is 463 g/mol. The third kappa shape index (κ3) is 6.41. The zero-order valence-corrected chi connectivity index (χ0v) is 19.4. The number of carbonyl (C=O) groups excluding carboxylic acids is 2. The molecule has 2 N–H and O–H groups in total. The van der Waals surface area contributed by atoms with Gasteiger partial charge in [0.2, 0.25) is 0 Å². The van der Waals surface area contributed by atoms with Crippen LogP contribution < -0.4 is 20.2 Å². The van der Waals surface area contributed by atoms with Gasteiger partial charge >= 0.3 is 11.8 Å². The molecular weight excluding hydrogens is 437 g/mol. The standard InChI is InChI=1S/C26H26FN3O4/c1-16-5-11-22(17(2)13-16)28-25(31)26(32)30-29-18(3)20-8-12-23(24(14-20)33-4)34-15-19-6-9-21(27)10-7-19/h5-14H,15H2,1-4H3,(H,28,31)(H,30,32). The molecule has 0 aliphatic heterocycles. The van der Waals surface area contributed by atoms with Crippen molar-refractivity contribution in [2.24, 2.45) is 5.10 Å². The summed E-state index contributed by atoms with van der Waals surface area (Å²) in [5.41, 5.74) is 6.69. The van der Waals surface area contributed by atoms with Crippen LogP contribution in [0.4, 0.5) is 10.1 Å². The van der Waals surface area contributed by atoms with Gasteiger partial charge in [-0.1, -0.05) is 29.8 Å². The molecule has 2 amide bonds. The molecule has 0 aliphatic carbocycles. The first-order valence-corrected chi connectivity index (χ1v) is 10.6. The first kappa shape index (κ1) is 24.4. The maximum atomic E-state index is 13.1. The molecule has 7 nitrogen and oxygen atoms in total. The van der Waals surface area contributed by atoms with E-state index in [1.807, 2.05) is 26.0 Å². The van der Waals surface area contributed by atoms with Gasteiger partial charge in [0.1, 0.15) is 12.4 Å². The van der Waals surface area contributed by atoms with E-state index >= 15 is 0 Å². The Bertz CT molecular complexity index is 1220. The number of ether oxygens (including phenoxy) is 2. The molecule has 3 aromatic rings. The average Bonchev–Trinajstić information content (AvgIpc) is 2.83. The molecule has 0 radical (unpaired) electrons. The molecule has 0 heterocycles. The molecular formula is C26H26FN3O4. The lowest BCUT2D eigenvalue weighted by molar-refractivity contribution is -0.136. The summed E-state index contributed by atoms with van der Waals surface area (Å²) >= 11 is 0. The van der Waals surface area contributed by atoms with E-state index in [2.05, 4.69) is 15.8 Å². The van der Waals surface area contributed by atoms with Crippen LogP contribution in [0, 0.1) is 19.7 Å². The molecule has 34 heavy (non-hydrogen) atoms. The molecule has 0 saturated heterocycles. The number of hydrogen-bond donors (Lipinski definition) is 2. The highest BCUT2D eigenvalue weighted by Crippen LogP contribution is 2.29. The van der Waals surface area contributed by atoms with Crippen LogP contribution in [-0.4, -0.2) is 24.6 Å². The van der Waals surface area contributed by atoms with E-state index in [9.17, 15) is 14.0 Å². The van der Waals surface area contributed by atoms with Crippen LogP contribution in [0.15, 0.2) is 65.8 Å². The molecule has 8 heteroatoms. The number of amides is 2. The van der Waals surface area contributed by atoms with Crippen molar-refractivity contribution >= 4 is 23.2 Å². The van der Waals surface area contributed by atoms with Crippen molar-refractivity contribution in [3.05, 3.63) is 88.7 Å². The number of benzene rings is 3. The van der Waals surface area contributed by atoms with Crippen molar-refractivity contribution in [1.82, 2.24) is 5.43 Å². The van der Waals surface area contributed by atoms with E-state index in [4.69, 9.17) is 9.47 Å². The second-order valence-corrected chi connectivity index (χ2v) is 7.69. The summed E-state index contributed by atoms with van der Waals surface area (Å²) in [4.78, 5) is 24.4. The van der Waals surface area contributed by atoms with Crippen molar-refractivity contribution in [3.63, 3.8) is 0 Å². The van der Waals surface area contributed by atoms with E-state index in [1.165, 1.54) is 19.2 Å². The fourth-order valence-corrected chi connectivity index (χ4v) is 3.14. The summed E-state index contributed by atoms with van der Waals surface area (Å²) in [5.74, 6) is -1.04. The quantitative estimate of drug-likeness (QED) is 0.307. The Hall–Kier alpha value is -4.20. The Kier molecular flexibility index (Phi) is 7.97. The lowest BCUT2D eigenvalue weighted by Gasteiger charge is -2.12. The third-order valence-electron chi connectivity index (χ3n) is 5.05. The number of aryl methyl sites for hydroxylation is 2. The number of anilines is 1. The summed E-state index contributed by atoms with van der Waals surface area (Å²) in [6.07, 6.45) is 0. The minimum Gasteiger partial charge on any atom is -0.493 e. The maximum Gasteiger partial charge on any atom is 0.329 e. The van der Waals surface area contributed by atoms with Gasteiger partial charge in [-0.3, -0.25) is 9.59 Å². The van der Waals surface area contributed by atoms with Gasteiger partial charge in [-0.2, -0.15) is 5.10 Å². The maximum absolute atomic E-state index is 13.1. The number of rotatable bonds is 7. The zero-order valence-electron chi connectivity index (χ0n) is 19.4. The van der Waals surface area contributed by atoms with E-state index in [0.717, 1.165) is 16.7 Å². The Morgan fingerprint density at radius 3 is 2.35 bits per heavy atom. The van der Waals surface area contributed by atoms with E-state index in [1.54, 1.807) is 43.3 Å². The van der Waals surface area contributed by atoms with Crippen molar-refractivity contribution in [2.45, 2.75) is 27.4 Å². The normalized spacial score (nSPS) is 11.0. The minimum absolute atomic E-state index is 0.245. The van der Waals surface area contributed by atoms with Crippen molar-refractivity contribution in [1.29, 1.82) is 0 Å². The van der Waals surface area contributed by atoms with E-state index in [-0.39, 0.29) is 12.4 Å². The van der Waals surface area contributed by atoms with Crippen LogP contribution in [-0.2, 0) is 16.2 Å². The Morgan fingerprint density at radius 1 is 0.941 bits per heavy atom. The van der Waals surface area contributed by atoms with Crippen molar-refractivity contribution in [2.75, 3.05) is 12.4 Å². The predicted octanol–water partition coefficient (Wildman–Crippen LogP) is 4.51. The smallest absolute Gasteiger partial charge is 0.329 e. The number of halogens is 1. The van der Waals surface area contributed by atoms with Gasteiger partial charge in [0.05, 0.1) is 12.8 Å². The minimum atomic E-state index is -0.884. The van der Waals surface area contributed by atoms with Crippen LogP contribution >= 0.6 is 0 Å². The van der Waals surface area contributed by atoms with Crippen molar-refractivity contribution in [3.8, 4) is 11.5 Å². The Morgan fingerprint density at radius 2 is 1.68 bits per heavy atom. The lowest BCUT2D eigenvalue weighted by Crippen LogP contribution is -2.33. The molecule has 0 saturated carbocycles. The number of carbonyl (C=O) groups is 2. The van der Waals surface area contributed by atoms with Crippen LogP contribution in [0.3, 0.4) is 0 Å². The first-order valence-electron chi connectivity index (χ1n) is 10.6. The van der Waals surface area contributed by atoms with Gasteiger partial charge in [-0.25, -0.2) is 9.82 Å². The van der Waals surface area contributed by atoms with Gasteiger partial charge in [-0.05, 0) is 68.3 Å². The molecule has 3 rings (SSSR count). The molecule has 0 aliphatic rings. The van der Waals surface area contributed by atoms with Gasteiger partial charge in [0.15, 0.2) is 11.5 Å². The highest BCUT2D eigenvalue weighted by atomic mass is 19.1. The summed E-state index contributed by atoms with van der Waals surface area (Å²) in [7, 11) is 1.51. The molecule has 176 valence electrons. The second kappa shape index (κ2) is 11.1. The number of methoxy groups -OCH3 is 1. The molecule has 0 atom stereocenters.